The van der Waals surface area contributed by atoms with Crippen LogP contribution in [0.3, 0.4) is 0 Å². The quantitative estimate of drug-likeness (QED) is 0.122. The lowest BCUT2D eigenvalue weighted by Crippen LogP contribution is -2.11. The second-order valence-electron chi connectivity index (χ2n) is 33.3. The van der Waals surface area contributed by atoms with Crippen LogP contribution in [-0.2, 0) is 10.8 Å². The molecule has 6 nitrogen and oxygen atoms in total. The summed E-state index contributed by atoms with van der Waals surface area (Å²) in [5.74, 6) is 0. The molecule has 0 aliphatic carbocycles. The lowest BCUT2D eigenvalue weighted by Gasteiger charge is -2.27. The number of fused-ring (bicyclic) bond motifs is 14. The zero-order valence-electron chi connectivity index (χ0n) is 66.9. The molecular formula is C112H86N6. The summed E-state index contributed by atoms with van der Waals surface area (Å²) in [6, 6.07) is 151. The van der Waals surface area contributed by atoms with Gasteiger partial charge in [0, 0.05) is 99.4 Å². The second-order valence-corrected chi connectivity index (χ2v) is 33.3. The highest BCUT2D eigenvalue weighted by Gasteiger charge is 2.27. The lowest BCUT2D eigenvalue weighted by molar-refractivity contribution is 0.591. The van der Waals surface area contributed by atoms with E-state index >= 15 is 0 Å². The van der Waals surface area contributed by atoms with E-state index in [1.165, 1.54) is 142 Å². The summed E-state index contributed by atoms with van der Waals surface area (Å²) < 4.78 is 9.64. The monoisotopic (exact) mass is 1510 g/mol. The molecule has 0 atom stereocenters. The molecule has 0 N–H and O–H groups in total. The Morgan fingerprint density at radius 3 is 0.712 bits per heavy atom. The predicted octanol–water partition coefficient (Wildman–Crippen LogP) is 30.9. The minimum atomic E-state index is 0.0170. The van der Waals surface area contributed by atoms with Crippen molar-refractivity contribution in [3.8, 4) is 45.0 Å². The van der Waals surface area contributed by atoms with Gasteiger partial charge >= 0.3 is 0 Å². The van der Waals surface area contributed by atoms with E-state index in [2.05, 4.69) is 482 Å². The van der Waals surface area contributed by atoms with Gasteiger partial charge in [-0.15, -0.1) is 0 Å². The van der Waals surface area contributed by atoms with Crippen LogP contribution in [0.25, 0.3) is 154 Å². The summed E-state index contributed by atoms with van der Waals surface area (Å²) in [5.41, 5.74) is 28.3. The van der Waals surface area contributed by atoms with E-state index in [1.54, 1.807) is 0 Å². The molecule has 0 spiro atoms. The van der Waals surface area contributed by atoms with Gasteiger partial charge in [-0.1, -0.05) is 272 Å². The average molecular weight is 1520 g/mol. The summed E-state index contributed by atoms with van der Waals surface area (Å²) >= 11 is 0. The first-order chi connectivity index (χ1) is 57.8. The van der Waals surface area contributed by atoms with Gasteiger partial charge in [0.2, 0.25) is 0 Å². The Kier molecular flexibility index (Phi) is 17.3. The van der Waals surface area contributed by atoms with Gasteiger partial charge in [-0.3, -0.25) is 0 Å². The molecule has 0 aliphatic rings. The highest BCUT2D eigenvalue weighted by atomic mass is 15.2. The number of hydrogen-bond acceptors (Lipinski definition) is 2. The van der Waals surface area contributed by atoms with Crippen molar-refractivity contribution in [2.45, 2.75) is 52.4 Å². The van der Waals surface area contributed by atoms with Crippen molar-refractivity contribution in [2.24, 2.45) is 0 Å². The van der Waals surface area contributed by atoms with Crippen LogP contribution < -0.4 is 9.80 Å². The Balaban J connectivity index is 0.000000147. The molecular weight excluding hydrogens is 1430 g/mol. The van der Waals surface area contributed by atoms with Crippen molar-refractivity contribution in [3.05, 3.63) is 424 Å². The Labute approximate surface area is 687 Å². The molecule has 0 radical (unpaired) electrons. The molecule has 18 aromatic carbocycles. The molecule has 0 saturated carbocycles. The van der Waals surface area contributed by atoms with Crippen LogP contribution in [0.4, 0.5) is 34.1 Å². The molecule has 0 aliphatic heterocycles. The fourth-order valence-electron chi connectivity index (χ4n) is 18.2. The summed E-state index contributed by atoms with van der Waals surface area (Å²) in [5, 5.41) is 14.7. The Bertz CT molecular complexity index is 7220. The molecule has 0 saturated heterocycles. The lowest BCUT2D eigenvalue weighted by atomic mass is 9.86. The Morgan fingerprint density at radius 2 is 0.415 bits per heavy atom. The van der Waals surface area contributed by atoms with Crippen LogP contribution in [0, 0.1) is 0 Å². The number of para-hydroxylation sites is 4. The number of hydrogen-bond donors (Lipinski definition) is 0. The van der Waals surface area contributed by atoms with Crippen LogP contribution in [0.5, 0.6) is 0 Å². The normalized spacial score (nSPS) is 12.0. The van der Waals surface area contributed by atoms with Gasteiger partial charge in [-0.05, 0) is 237 Å². The van der Waals surface area contributed by atoms with Gasteiger partial charge in [0.25, 0.3) is 0 Å². The number of nitrogens with zero attached hydrogens (tertiary/aromatic N) is 6. The van der Waals surface area contributed by atoms with Crippen LogP contribution >= 0.6 is 0 Å². The number of rotatable bonds is 12. The average Bonchev–Trinajstić information content (AvgIpc) is 1.58. The smallest absolute Gasteiger partial charge is 0.0542 e. The van der Waals surface area contributed by atoms with Crippen molar-refractivity contribution in [1.82, 2.24) is 18.3 Å². The number of anilines is 6. The van der Waals surface area contributed by atoms with Gasteiger partial charge in [-0.25, -0.2) is 0 Å². The summed E-state index contributed by atoms with van der Waals surface area (Å²) in [4.78, 5) is 4.93. The maximum Gasteiger partial charge on any atom is 0.0542 e. The SMILES string of the molecule is CC(C)(C)c1ccc2c(c1)c1cc(N(c3ccc4c(c3)c3cc(C(C)(C)C)ccc3n4-c3ccccc3)c3cccc4ccccc34)ccc1n2-c1ccccc1.c1ccc(-c2ccc3c(c2)c2cc(N(c4ccc5c(c4)c4cc(-c6ccccc6)ccc4n5-c4ccccc4)c4cccc5ccccc45)ccc2n3-c2ccccc2)cc1. The molecule has 22 aromatic rings. The highest BCUT2D eigenvalue weighted by Crippen LogP contribution is 2.49. The Hall–Kier alpha value is -14.7. The molecule has 4 aromatic heterocycles. The molecule has 22 rings (SSSR count). The third-order valence-electron chi connectivity index (χ3n) is 24.0. The molecule has 564 valence electrons. The summed E-state index contributed by atoms with van der Waals surface area (Å²) in [7, 11) is 0. The zero-order valence-corrected chi connectivity index (χ0v) is 66.9. The summed E-state index contributed by atoms with van der Waals surface area (Å²) in [6.45, 7) is 13.8. The van der Waals surface area contributed by atoms with E-state index in [9.17, 15) is 0 Å². The van der Waals surface area contributed by atoms with Gasteiger partial charge < -0.3 is 28.1 Å². The van der Waals surface area contributed by atoms with Crippen LogP contribution in [-0.4, -0.2) is 18.3 Å². The summed E-state index contributed by atoms with van der Waals surface area (Å²) in [6.07, 6.45) is 0. The van der Waals surface area contributed by atoms with E-state index < -0.39 is 0 Å². The first kappa shape index (κ1) is 71.1. The van der Waals surface area contributed by atoms with Crippen LogP contribution in [0.15, 0.2) is 413 Å². The van der Waals surface area contributed by atoms with E-state index in [0.29, 0.717) is 0 Å². The van der Waals surface area contributed by atoms with Crippen molar-refractivity contribution >= 4 is 143 Å². The van der Waals surface area contributed by atoms with Gasteiger partial charge in [-0.2, -0.15) is 0 Å². The number of benzene rings is 18. The van der Waals surface area contributed by atoms with Crippen LogP contribution in [0.2, 0.25) is 0 Å². The van der Waals surface area contributed by atoms with Crippen LogP contribution in [0.1, 0.15) is 52.7 Å². The maximum atomic E-state index is 2.47. The van der Waals surface area contributed by atoms with E-state index in [-0.39, 0.29) is 10.8 Å². The molecule has 0 amide bonds. The zero-order chi connectivity index (χ0) is 79.3. The minimum Gasteiger partial charge on any atom is -0.310 e. The van der Waals surface area contributed by atoms with E-state index in [4.69, 9.17) is 0 Å². The predicted molar refractivity (Wildman–Crippen MR) is 503 cm³/mol. The van der Waals surface area contributed by atoms with Gasteiger partial charge in [0.05, 0.1) is 55.5 Å². The van der Waals surface area contributed by atoms with Crippen molar-refractivity contribution in [2.75, 3.05) is 9.80 Å². The van der Waals surface area contributed by atoms with Gasteiger partial charge in [0.15, 0.2) is 0 Å². The molecule has 0 bridgehead atoms. The first-order valence-electron chi connectivity index (χ1n) is 41.0. The fourth-order valence-corrected chi connectivity index (χ4v) is 18.2. The van der Waals surface area contributed by atoms with Crippen molar-refractivity contribution < 1.29 is 0 Å². The third kappa shape index (κ3) is 12.3. The largest absolute Gasteiger partial charge is 0.310 e. The topological polar surface area (TPSA) is 26.2 Å². The Morgan fingerprint density at radius 1 is 0.178 bits per heavy atom. The molecule has 6 heteroatoms. The molecule has 0 fully saturated rings. The van der Waals surface area contributed by atoms with Crippen molar-refractivity contribution in [3.63, 3.8) is 0 Å². The highest BCUT2D eigenvalue weighted by molar-refractivity contribution is 6.17. The molecule has 4 heterocycles. The fraction of sp³-hybridized carbons (Fsp3) is 0.0714. The van der Waals surface area contributed by atoms with E-state index in [1.807, 2.05) is 0 Å². The van der Waals surface area contributed by atoms with Crippen molar-refractivity contribution in [1.29, 1.82) is 0 Å². The standard InChI is InChI=1S/C58H39N3.C54H47N3/c1-5-16-40(17-6-1)43-28-32-55-50(36-43)52-38-47(30-34-57(52)60(55)45-22-9-3-10-23-45)59(54-27-15-21-42-20-13-14-26-49(42)54)48-31-35-58-53(39-48)51-37-44(41-18-7-2-8-19-41)29-33-56(51)61(58)46-24-11-4-12-25-46;1-53(2,3)37-24-28-49-44(32-37)46-34-41(26-30-51(46)56(49)39-18-9-7-10-19-39)55(48-23-15-17-36-16-13-14-22-43(36)48)42-27-31-52-47(35-42)45-33-38(54(4,5)6)25-29-50(45)57(52)40-20-11-8-12-21-40/h1-39H;7-35H,1-6H3. The first-order valence-corrected chi connectivity index (χ1v) is 41.0. The minimum absolute atomic E-state index is 0.0170. The molecule has 118 heavy (non-hydrogen) atoms. The number of aromatic nitrogens is 4. The third-order valence-corrected chi connectivity index (χ3v) is 24.0. The van der Waals surface area contributed by atoms with Gasteiger partial charge in [0.1, 0.15) is 0 Å². The second kappa shape index (κ2) is 28.7. The van der Waals surface area contributed by atoms with E-state index in [0.717, 1.165) is 56.9 Å². The molecule has 0 unspecified atom stereocenters. The maximum absolute atomic E-state index is 2.47.